The van der Waals surface area contributed by atoms with Gasteiger partial charge < -0.3 is 33.9 Å². The van der Waals surface area contributed by atoms with E-state index in [-0.39, 0.29) is 30.0 Å². The van der Waals surface area contributed by atoms with Crippen LogP contribution < -0.4 is 14.2 Å². The highest BCUT2D eigenvalue weighted by atomic mass is 16.5. The van der Waals surface area contributed by atoms with Gasteiger partial charge in [-0.1, -0.05) is 6.07 Å². The van der Waals surface area contributed by atoms with Gasteiger partial charge in [-0.25, -0.2) is 4.79 Å². The Kier molecular flexibility index (Phi) is 8.13. The monoisotopic (exact) mass is 549 g/mol. The van der Waals surface area contributed by atoms with E-state index < -0.39 is 29.5 Å². The van der Waals surface area contributed by atoms with Crippen LogP contribution >= 0.6 is 0 Å². The fourth-order valence-electron chi connectivity index (χ4n) is 4.98. The fraction of sp³-hybridized carbons (Fsp3) is 0.310. The van der Waals surface area contributed by atoms with Gasteiger partial charge in [0.1, 0.15) is 11.5 Å². The second-order valence-corrected chi connectivity index (χ2v) is 9.09. The van der Waals surface area contributed by atoms with Gasteiger partial charge in [-0.15, -0.1) is 0 Å². The van der Waals surface area contributed by atoms with Crippen molar-refractivity contribution < 1.29 is 38.4 Å². The van der Waals surface area contributed by atoms with Gasteiger partial charge in [0.25, 0.3) is 11.7 Å². The highest BCUT2D eigenvalue weighted by Crippen LogP contribution is 2.46. The summed E-state index contributed by atoms with van der Waals surface area (Å²) < 4.78 is 21.6. The molecule has 2 aromatic heterocycles. The van der Waals surface area contributed by atoms with Crippen LogP contribution in [0.25, 0.3) is 5.76 Å². The number of benzene rings is 1. The zero-order chi connectivity index (χ0) is 29.1. The van der Waals surface area contributed by atoms with Crippen molar-refractivity contribution in [3.63, 3.8) is 0 Å². The number of hydrogen-bond acceptors (Lipinski definition) is 9. The normalized spacial score (nSPS) is 16.2. The number of nitrogens with zero attached hydrogens (tertiary/aromatic N) is 2. The third kappa shape index (κ3) is 4.86. The second kappa shape index (κ2) is 11.5. The van der Waals surface area contributed by atoms with Crippen LogP contribution in [-0.4, -0.2) is 65.6 Å². The summed E-state index contributed by atoms with van der Waals surface area (Å²) in [4.78, 5) is 48.0. The van der Waals surface area contributed by atoms with Gasteiger partial charge in [-0.3, -0.25) is 14.6 Å². The number of ether oxygens (including phenoxy) is 4. The molecule has 210 valence electrons. The lowest BCUT2D eigenvalue weighted by molar-refractivity contribution is -0.140. The molecule has 0 bridgehead atoms. The first-order valence-electron chi connectivity index (χ1n) is 12.5. The van der Waals surface area contributed by atoms with Crippen molar-refractivity contribution in [1.82, 2.24) is 14.9 Å². The maximum absolute atomic E-state index is 13.6. The number of aromatic nitrogens is 2. The number of nitrogens with one attached hydrogen (secondary N) is 1. The SMILES string of the molecule is CCOC(=O)c1[nH]c(C)c(C(O)=C2C(=O)C(=O)N(Cc3cccnc3)[C@@H]2c2cc(OC)c(OC)c(OC)c2)c1C. The molecule has 11 heteroatoms. The Balaban J connectivity index is 1.98. The molecule has 1 amide bonds. The largest absolute Gasteiger partial charge is 0.507 e. The lowest BCUT2D eigenvalue weighted by atomic mass is 9.93. The summed E-state index contributed by atoms with van der Waals surface area (Å²) in [5.74, 6) is -1.76. The topological polar surface area (TPSA) is 140 Å². The molecule has 1 saturated heterocycles. The van der Waals surface area contributed by atoms with Crippen molar-refractivity contribution in [2.45, 2.75) is 33.4 Å². The Labute approximate surface area is 231 Å². The molecule has 1 aromatic carbocycles. The number of methoxy groups -OCH3 is 3. The van der Waals surface area contributed by atoms with Gasteiger partial charge >= 0.3 is 5.97 Å². The van der Waals surface area contributed by atoms with Gasteiger partial charge in [-0.2, -0.15) is 0 Å². The zero-order valence-corrected chi connectivity index (χ0v) is 23.2. The minimum absolute atomic E-state index is 0.0374. The number of aryl methyl sites for hydroxylation is 1. The van der Waals surface area contributed by atoms with Gasteiger partial charge in [0.05, 0.1) is 39.6 Å². The van der Waals surface area contributed by atoms with Crippen LogP contribution in [0.1, 0.15) is 51.4 Å². The van der Waals surface area contributed by atoms with Crippen molar-refractivity contribution in [3.05, 3.63) is 75.9 Å². The lowest BCUT2D eigenvalue weighted by Gasteiger charge is -2.26. The minimum Gasteiger partial charge on any atom is -0.507 e. The average molecular weight is 550 g/mol. The molecule has 1 fully saturated rings. The molecule has 0 aliphatic carbocycles. The van der Waals surface area contributed by atoms with Gasteiger partial charge in [0.15, 0.2) is 11.5 Å². The first-order valence-corrected chi connectivity index (χ1v) is 12.5. The van der Waals surface area contributed by atoms with Crippen LogP contribution in [0, 0.1) is 13.8 Å². The maximum Gasteiger partial charge on any atom is 0.355 e. The van der Waals surface area contributed by atoms with Crippen LogP contribution in [0.3, 0.4) is 0 Å². The van der Waals surface area contributed by atoms with Crippen LogP contribution in [-0.2, 0) is 20.9 Å². The Morgan fingerprint density at radius 1 is 1.10 bits per heavy atom. The molecule has 3 aromatic rings. The van der Waals surface area contributed by atoms with Crippen molar-refractivity contribution in [3.8, 4) is 17.2 Å². The summed E-state index contributed by atoms with van der Waals surface area (Å²) in [7, 11) is 4.38. The molecule has 1 aliphatic heterocycles. The molecule has 1 atom stereocenters. The number of amides is 1. The quantitative estimate of drug-likeness (QED) is 0.176. The Morgan fingerprint density at radius 3 is 2.33 bits per heavy atom. The molecule has 3 heterocycles. The van der Waals surface area contributed by atoms with Gasteiger partial charge in [0.2, 0.25) is 5.75 Å². The van der Waals surface area contributed by atoms with Crippen molar-refractivity contribution >= 4 is 23.4 Å². The molecule has 11 nitrogen and oxygen atoms in total. The van der Waals surface area contributed by atoms with E-state index in [1.807, 2.05) is 0 Å². The summed E-state index contributed by atoms with van der Waals surface area (Å²) in [6.07, 6.45) is 3.20. The number of H-pyrrole nitrogens is 1. The molecule has 0 spiro atoms. The average Bonchev–Trinajstić information content (AvgIpc) is 3.39. The van der Waals surface area contributed by atoms with E-state index in [1.165, 1.54) is 26.2 Å². The highest BCUT2D eigenvalue weighted by Gasteiger charge is 2.47. The lowest BCUT2D eigenvalue weighted by Crippen LogP contribution is -2.29. The third-order valence-corrected chi connectivity index (χ3v) is 6.77. The van der Waals surface area contributed by atoms with E-state index in [4.69, 9.17) is 18.9 Å². The van der Waals surface area contributed by atoms with E-state index in [1.54, 1.807) is 57.4 Å². The number of rotatable bonds is 9. The number of pyridine rings is 1. The van der Waals surface area contributed by atoms with Crippen molar-refractivity contribution in [1.29, 1.82) is 0 Å². The predicted molar refractivity (Wildman–Crippen MR) is 144 cm³/mol. The van der Waals surface area contributed by atoms with Gasteiger partial charge in [-0.05, 0) is 55.7 Å². The zero-order valence-electron chi connectivity index (χ0n) is 23.2. The van der Waals surface area contributed by atoms with Crippen molar-refractivity contribution in [2.75, 3.05) is 27.9 Å². The molecule has 40 heavy (non-hydrogen) atoms. The summed E-state index contributed by atoms with van der Waals surface area (Å²) in [6, 6.07) is 5.73. The molecule has 2 N–H and O–H groups in total. The second-order valence-electron chi connectivity index (χ2n) is 9.09. The summed E-state index contributed by atoms with van der Waals surface area (Å²) in [5, 5.41) is 11.7. The Bertz CT molecular complexity index is 1470. The number of aliphatic hydroxyl groups is 1. The number of esters is 1. The first kappa shape index (κ1) is 28.2. The Morgan fingerprint density at radius 2 is 1.77 bits per heavy atom. The molecular formula is C29H31N3O8. The van der Waals surface area contributed by atoms with E-state index in [0.29, 0.717) is 39.6 Å². The predicted octanol–water partition coefficient (Wildman–Crippen LogP) is 3.85. The summed E-state index contributed by atoms with van der Waals surface area (Å²) in [5.41, 5.74) is 2.17. The number of likely N-dealkylation sites (tertiary alicyclic amines) is 1. The van der Waals surface area contributed by atoms with E-state index in [9.17, 15) is 19.5 Å². The number of aromatic amines is 1. The highest BCUT2D eigenvalue weighted by molar-refractivity contribution is 6.46. The molecule has 0 saturated carbocycles. The van der Waals surface area contributed by atoms with Crippen LogP contribution in [0.4, 0.5) is 0 Å². The molecule has 0 unspecified atom stereocenters. The number of Topliss-reactive ketones (excluding diaryl/α,β-unsaturated/α-hetero) is 1. The molecular weight excluding hydrogens is 518 g/mol. The Hall–Kier alpha value is -4.80. The minimum atomic E-state index is -1.03. The summed E-state index contributed by atoms with van der Waals surface area (Å²) >= 11 is 0. The van der Waals surface area contributed by atoms with E-state index in [2.05, 4.69) is 9.97 Å². The smallest absolute Gasteiger partial charge is 0.355 e. The van der Waals surface area contributed by atoms with Gasteiger partial charge in [0, 0.05) is 30.2 Å². The van der Waals surface area contributed by atoms with E-state index >= 15 is 0 Å². The van der Waals surface area contributed by atoms with Crippen LogP contribution in [0.2, 0.25) is 0 Å². The first-order chi connectivity index (χ1) is 19.2. The third-order valence-electron chi connectivity index (χ3n) is 6.77. The van der Waals surface area contributed by atoms with E-state index in [0.717, 1.165) is 0 Å². The molecule has 1 aliphatic rings. The number of carbonyl (C=O) groups excluding carboxylic acids is 3. The number of aliphatic hydroxyl groups excluding tert-OH is 1. The maximum atomic E-state index is 13.6. The fourth-order valence-corrected chi connectivity index (χ4v) is 4.98. The molecule has 4 rings (SSSR count). The number of carbonyl (C=O) groups is 3. The number of ketones is 1. The standard InChI is InChI=1S/C29H31N3O8/c1-7-40-29(36)23-15(2)21(16(3)31-23)25(33)22-24(18-11-19(37-4)27(39-6)20(12-18)38-5)32(28(35)26(22)34)14-17-9-8-10-30-13-17/h8-13,24,31,33H,7,14H2,1-6H3/t24-/m1/s1. The summed E-state index contributed by atoms with van der Waals surface area (Å²) in [6.45, 7) is 5.18. The van der Waals surface area contributed by atoms with Crippen molar-refractivity contribution in [2.24, 2.45) is 0 Å². The van der Waals surface area contributed by atoms with Crippen LogP contribution in [0.5, 0.6) is 17.2 Å². The number of hydrogen-bond donors (Lipinski definition) is 2. The van der Waals surface area contributed by atoms with Crippen LogP contribution in [0.15, 0.2) is 42.2 Å². The molecule has 0 radical (unpaired) electrons.